The van der Waals surface area contributed by atoms with E-state index in [1.807, 2.05) is 0 Å². The van der Waals surface area contributed by atoms with Gasteiger partial charge in [-0.2, -0.15) is 0 Å². The molecule has 7 heteroatoms. The molecule has 0 unspecified atom stereocenters. The van der Waals surface area contributed by atoms with Crippen LogP contribution in [0, 0.1) is 11.7 Å². The highest BCUT2D eigenvalue weighted by atomic mass is 19.1. The number of carbonyl (C=O) groups is 3. The van der Waals surface area contributed by atoms with Crippen molar-refractivity contribution in [1.82, 2.24) is 10.4 Å². The minimum absolute atomic E-state index is 0.117. The van der Waals surface area contributed by atoms with Gasteiger partial charge in [0.25, 0.3) is 5.91 Å². The highest BCUT2D eigenvalue weighted by molar-refractivity contribution is 5.96. The van der Waals surface area contributed by atoms with Gasteiger partial charge in [0.2, 0.25) is 5.91 Å². The molecular formula is C12H11FN2O4. The Kier molecular flexibility index (Phi) is 3.46. The smallest absolute Gasteiger partial charge is 0.308 e. The monoisotopic (exact) mass is 266 g/mol. The summed E-state index contributed by atoms with van der Waals surface area (Å²) < 4.78 is 13.4. The van der Waals surface area contributed by atoms with Crippen LogP contribution in [0.25, 0.3) is 0 Å². The molecule has 1 heterocycles. The number of carboxylic acid groups (broad SMARTS) is 1. The fraction of sp³-hybridized carbons (Fsp3) is 0.250. The lowest BCUT2D eigenvalue weighted by atomic mass is 10.1. The van der Waals surface area contributed by atoms with E-state index in [1.54, 1.807) is 0 Å². The topological polar surface area (TPSA) is 86.7 Å². The van der Waals surface area contributed by atoms with E-state index in [1.165, 1.54) is 18.2 Å². The average Bonchev–Trinajstić information content (AvgIpc) is 2.71. The molecule has 19 heavy (non-hydrogen) atoms. The molecule has 1 aromatic carbocycles. The van der Waals surface area contributed by atoms with E-state index in [9.17, 15) is 18.8 Å². The number of carboxylic acids is 1. The van der Waals surface area contributed by atoms with Crippen molar-refractivity contribution in [2.24, 2.45) is 5.92 Å². The van der Waals surface area contributed by atoms with Crippen LogP contribution >= 0.6 is 0 Å². The quantitative estimate of drug-likeness (QED) is 0.829. The zero-order valence-electron chi connectivity index (χ0n) is 9.80. The summed E-state index contributed by atoms with van der Waals surface area (Å²) >= 11 is 0. The average molecular weight is 266 g/mol. The number of benzene rings is 1. The van der Waals surface area contributed by atoms with Crippen molar-refractivity contribution in [2.45, 2.75) is 6.42 Å². The third-order valence-electron chi connectivity index (χ3n) is 2.83. The number of halogens is 1. The highest BCUT2D eigenvalue weighted by Crippen LogP contribution is 2.16. The van der Waals surface area contributed by atoms with Gasteiger partial charge in [0.05, 0.1) is 18.0 Å². The normalized spacial score (nSPS) is 18.5. The third kappa shape index (κ3) is 2.70. The Hall–Kier alpha value is -2.44. The molecule has 0 aromatic heterocycles. The van der Waals surface area contributed by atoms with Crippen molar-refractivity contribution in [3.05, 3.63) is 35.6 Å². The predicted molar refractivity (Wildman–Crippen MR) is 61.3 cm³/mol. The number of carbonyl (C=O) groups excluding carboxylic acids is 2. The maximum absolute atomic E-state index is 13.4. The molecular weight excluding hydrogens is 255 g/mol. The zero-order valence-corrected chi connectivity index (χ0v) is 9.80. The van der Waals surface area contributed by atoms with E-state index in [-0.39, 0.29) is 18.5 Å². The Bertz CT molecular complexity index is 546. The van der Waals surface area contributed by atoms with Gasteiger partial charge in [0.15, 0.2) is 0 Å². The fourth-order valence-corrected chi connectivity index (χ4v) is 1.81. The summed E-state index contributed by atoms with van der Waals surface area (Å²) in [5, 5.41) is 9.70. The number of aliphatic carboxylic acids is 1. The third-order valence-corrected chi connectivity index (χ3v) is 2.83. The number of hydrogen-bond acceptors (Lipinski definition) is 3. The molecule has 0 spiro atoms. The molecule has 6 nitrogen and oxygen atoms in total. The second-order valence-corrected chi connectivity index (χ2v) is 4.16. The van der Waals surface area contributed by atoms with E-state index >= 15 is 0 Å². The van der Waals surface area contributed by atoms with Crippen LogP contribution in [-0.2, 0) is 9.59 Å². The number of amides is 2. The molecule has 1 aliphatic heterocycles. The SMILES string of the molecule is O=C(NN1C[C@H](C(=O)O)CC1=O)c1ccccc1F. The van der Waals surface area contributed by atoms with Gasteiger partial charge in [-0.3, -0.25) is 24.8 Å². The fourth-order valence-electron chi connectivity index (χ4n) is 1.81. The molecule has 0 bridgehead atoms. The number of nitrogens with zero attached hydrogens (tertiary/aromatic N) is 1. The zero-order chi connectivity index (χ0) is 14.0. The molecule has 1 aliphatic rings. The molecule has 0 radical (unpaired) electrons. The molecule has 1 saturated heterocycles. The van der Waals surface area contributed by atoms with Crippen LogP contribution in [0.4, 0.5) is 4.39 Å². The van der Waals surface area contributed by atoms with Gasteiger partial charge >= 0.3 is 5.97 Å². The van der Waals surface area contributed by atoms with Crippen molar-refractivity contribution < 1.29 is 23.9 Å². The van der Waals surface area contributed by atoms with Gasteiger partial charge in [-0.05, 0) is 12.1 Å². The van der Waals surface area contributed by atoms with Gasteiger partial charge in [0, 0.05) is 6.42 Å². The van der Waals surface area contributed by atoms with Gasteiger partial charge in [-0.25, -0.2) is 4.39 Å². The first kappa shape index (κ1) is 13.0. The maximum Gasteiger partial charge on any atom is 0.308 e. The van der Waals surface area contributed by atoms with Gasteiger partial charge < -0.3 is 5.11 Å². The Morgan fingerprint density at radius 2 is 2.05 bits per heavy atom. The Morgan fingerprint density at radius 1 is 1.37 bits per heavy atom. The first-order valence-electron chi connectivity index (χ1n) is 5.57. The lowest BCUT2D eigenvalue weighted by Gasteiger charge is -2.17. The van der Waals surface area contributed by atoms with Crippen LogP contribution in [0.5, 0.6) is 0 Å². The molecule has 1 fully saturated rings. The van der Waals surface area contributed by atoms with Crippen molar-refractivity contribution in [1.29, 1.82) is 0 Å². The number of hydrazine groups is 1. The van der Waals surface area contributed by atoms with Crippen LogP contribution in [0.2, 0.25) is 0 Å². The standard InChI is InChI=1S/C12H11FN2O4/c13-9-4-2-1-3-8(9)11(17)14-15-6-7(12(18)19)5-10(15)16/h1-4,7H,5-6H2,(H,14,17)(H,18,19)/t7-/m1/s1. The molecule has 0 saturated carbocycles. The summed E-state index contributed by atoms with van der Waals surface area (Å²) in [5.74, 6) is -3.94. The first-order chi connectivity index (χ1) is 8.99. The molecule has 2 N–H and O–H groups in total. The maximum atomic E-state index is 13.4. The van der Waals surface area contributed by atoms with E-state index in [4.69, 9.17) is 5.11 Å². The van der Waals surface area contributed by atoms with Crippen LogP contribution in [0.3, 0.4) is 0 Å². The van der Waals surface area contributed by atoms with Crippen LogP contribution < -0.4 is 5.43 Å². The Morgan fingerprint density at radius 3 is 2.63 bits per heavy atom. The Balaban J connectivity index is 2.06. The second kappa shape index (κ2) is 5.05. The summed E-state index contributed by atoms with van der Waals surface area (Å²) in [7, 11) is 0. The second-order valence-electron chi connectivity index (χ2n) is 4.16. The molecule has 2 amide bonds. The Labute approximate surface area is 107 Å². The van der Waals surface area contributed by atoms with E-state index in [0.717, 1.165) is 11.1 Å². The van der Waals surface area contributed by atoms with Gasteiger partial charge in [0.1, 0.15) is 5.82 Å². The van der Waals surface area contributed by atoms with Gasteiger partial charge in [-0.15, -0.1) is 0 Å². The summed E-state index contributed by atoms with van der Waals surface area (Å²) in [6.07, 6.45) is -0.174. The van der Waals surface area contributed by atoms with Crippen LogP contribution in [0.1, 0.15) is 16.8 Å². The summed E-state index contributed by atoms with van der Waals surface area (Å²) in [6, 6.07) is 5.33. The number of hydrogen-bond donors (Lipinski definition) is 2. The van der Waals surface area contributed by atoms with Crippen LogP contribution in [0.15, 0.2) is 24.3 Å². The number of nitrogens with one attached hydrogen (secondary N) is 1. The van der Waals surface area contributed by atoms with Gasteiger partial charge in [-0.1, -0.05) is 12.1 Å². The molecule has 1 atom stereocenters. The van der Waals surface area contributed by atoms with Crippen LogP contribution in [-0.4, -0.2) is 34.4 Å². The molecule has 1 aromatic rings. The first-order valence-corrected chi connectivity index (χ1v) is 5.57. The minimum atomic E-state index is -1.10. The van der Waals surface area contributed by atoms with Crippen molar-refractivity contribution >= 4 is 17.8 Å². The lowest BCUT2D eigenvalue weighted by molar-refractivity contribution is -0.141. The minimum Gasteiger partial charge on any atom is -0.481 e. The van der Waals surface area contributed by atoms with E-state index in [2.05, 4.69) is 5.43 Å². The summed E-state index contributed by atoms with van der Waals surface area (Å²) in [5.41, 5.74) is 2.01. The largest absolute Gasteiger partial charge is 0.481 e. The van der Waals surface area contributed by atoms with Crippen molar-refractivity contribution in [3.8, 4) is 0 Å². The highest BCUT2D eigenvalue weighted by Gasteiger charge is 2.35. The molecule has 100 valence electrons. The molecule has 0 aliphatic carbocycles. The lowest BCUT2D eigenvalue weighted by Crippen LogP contribution is -2.43. The van der Waals surface area contributed by atoms with Crippen molar-refractivity contribution in [2.75, 3.05) is 6.54 Å². The van der Waals surface area contributed by atoms with Crippen molar-refractivity contribution in [3.63, 3.8) is 0 Å². The molecule has 2 rings (SSSR count). The summed E-state index contributed by atoms with van der Waals surface area (Å²) in [6.45, 7) is -0.117. The predicted octanol–water partition coefficient (Wildman–Crippen LogP) is 0.404. The number of rotatable bonds is 3. The summed E-state index contributed by atoms with van der Waals surface area (Å²) in [4.78, 5) is 34.0. The van der Waals surface area contributed by atoms with E-state index in [0.29, 0.717) is 0 Å². The van der Waals surface area contributed by atoms with E-state index < -0.39 is 29.5 Å².